The molecule has 16 heavy (non-hydrogen) atoms. The molecule has 1 heterocycles. The van der Waals surface area contributed by atoms with Crippen LogP contribution < -0.4 is 5.32 Å². The largest absolute Gasteiger partial charge is 0.314 e. The molecule has 0 aromatic carbocycles. The number of hydrogen-bond acceptors (Lipinski definition) is 2. The van der Waals surface area contributed by atoms with E-state index in [1.54, 1.807) is 0 Å². The summed E-state index contributed by atoms with van der Waals surface area (Å²) in [6, 6.07) is 2.91. The number of nitrogens with one attached hydrogen (secondary N) is 1. The summed E-state index contributed by atoms with van der Waals surface area (Å²) in [5.74, 6) is 0. The molecule has 1 aromatic rings. The van der Waals surface area contributed by atoms with Crippen molar-refractivity contribution in [3.63, 3.8) is 0 Å². The third-order valence-corrected chi connectivity index (χ3v) is 5.53. The Hall–Kier alpha value is 0.140. The quantitative estimate of drug-likeness (QED) is 0.878. The highest BCUT2D eigenvalue weighted by Gasteiger charge is 2.35. The summed E-state index contributed by atoms with van der Waals surface area (Å²) in [5, 5.41) is 5.77. The zero-order valence-electron chi connectivity index (χ0n) is 10.1. The standard InChI is InChI=1S/C13H20BrNS/c1-3-15-10-4-6-13(2,8-10)9-12-11(14)5-7-16-12/h5,7,10,15H,3-4,6,8-9H2,1-2H3. The Morgan fingerprint density at radius 2 is 2.44 bits per heavy atom. The first-order chi connectivity index (χ1) is 7.63. The monoisotopic (exact) mass is 301 g/mol. The van der Waals surface area contributed by atoms with Crippen LogP contribution in [0.4, 0.5) is 0 Å². The summed E-state index contributed by atoms with van der Waals surface area (Å²) in [6.07, 6.45) is 5.25. The van der Waals surface area contributed by atoms with Crippen LogP contribution in [-0.4, -0.2) is 12.6 Å². The van der Waals surface area contributed by atoms with Crippen molar-refractivity contribution in [2.45, 2.75) is 45.6 Å². The summed E-state index contributed by atoms with van der Waals surface area (Å²) in [7, 11) is 0. The van der Waals surface area contributed by atoms with Gasteiger partial charge in [-0.15, -0.1) is 11.3 Å². The normalized spacial score (nSPS) is 29.8. The van der Waals surface area contributed by atoms with E-state index in [2.05, 4.69) is 46.5 Å². The summed E-state index contributed by atoms with van der Waals surface area (Å²) in [6.45, 7) is 5.74. The molecule has 0 radical (unpaired) electrons. The minimum absolute atomic E-state index is 0.500. The summed E-state index contributed by atoms with van der Waals surface area (Å²) in [4.78, 5) is 1.51. The molecule has 2 atom stereocenters. The van der Waals surface area contributed by atoms with Gasteiger partial charge in [-0.3, -0.25) is 0 Å². The lowest BCUT2D eigenvalue weighted by Crippen LogP contribution is -2.27. The van der Waals surface area contributed by atoms with Crippen molar-refractivity contribution in [1.82, 2.24) is 5.32 Å². The molecule has 1 saturated carbocycles. The predicted octanol–water partition coefficient (Wildman–Crippen LogP) is 4.22. The van der Waals surface area contributed by atoms with Gasteiger partial charge in [-0.25, -0.2) is 0 Å². The van der Waals surface area contributed by atoms with E-state index in [1.165, 1.54) is 35.0 Å². The fourth-order valence-corrected chi connectivity index (χ4v) is 4.49. The zero-order chi connectivity index (χ0) is 11.6. The molecule has 1 fully saturated rings. The van der Waals surface area contributed by atoms with E-state index in [4.69, 9.17) is 0 Å². The fraction of sp³-hybridized carbons (Fsp3) is 0.692. The molecule has 0 amide bonds. The van der Waals surface area contributed by atoms with Crippen molar-refractivity contribution in [3.8, 4) is 0 Å². The average Bonchev–Trinajstić information content (AvgIpc) is 2.77. The maximum atomic E-state index is 3.64. The minimum Gasteiger partial charge on any atom is -0.314 e. The second-order valence-electron chi connectivity index (χ2n) is 5.18. The second kappa shape index (κ2) is 5.19. The van der Waals surface area contributed by atoms with E-state index in [1.807, 2.05) is 11.3 Å². The number of thiophene rings is 1. The first-order valence-electron chi connectivity index (χ1n) is 6.08. The van der Waals surface area contributed by atoms with Gasteiger partial charge in [0.2, 0.25) is 0 Å². The maximum absolute atomic E-state index is 3.64. The molecule has 3 heteroatoms. The molecular formula is C13H20BrNS. The van der Waals surface area contributed by atoms with Gasteiger partial charge in [0.25, 0.3) is 0 Å². The first kappa shape index (κ1) is 12.6. The fourth-order valence-electron chi connectivity index (χ4n) is 2.78. The van der Waals surface area contributed by atoms with Crippen LogP contribution in [-0.2, 0) is 6.42 Å². The molecule has 1 N–H and O–H groups in total. The van der Waals surface area contributed by atoms with Gasteiger partial charge < -0.3 is 5.32 Å². The molecule has 1 nitrogen and oxygen atoms in total. The van der Waals surface area contributed by atoms with Crippen molar-refractivity contribution < 1.29 is 0 Å². The molecule has 2 rings (SSSR count). The van der Waals surface area contributed by atoms with E-state index in [0.29, 0.717) is 5.41 Å². The van der Waals surface area contributed by atoms with Gasteiger partial charge in [-0.05, 0) is 65.0 Å². The van der Waals surface area contributed by atoms with Crippen LogP contribution in [0.5, 0.6) is 0 Å². The second-order valence-corrected chi connectivity index (χ2v) is 7.03. The van der Waals surface area contributed by atoms with Gasteiger partial charge in [0, 0.05) is 15.4 Å². The van der Waals surface area contributed by atoms with Gasteiger partial charge in [-0.1, -0.05) is 13.8 Å². The Labute approximate surface area is 111 Å². The lowest BCUT2D eigenvalue weighted by atomic mass is 9.84. The Morgan fingerprint density at radius 3 is 3.06 bits per heavy atom. The van der Waals surface area contributed by atoms with Crippen LogP contribution in [0, 0.1) is 5.41 Å². The van der Waals surface area contributed by atoms with Crippen LogP contribution >= 0.6 is 27.3 Å². The molecule has 0 aliphatic heterocycles. The first-order valence-corrected chi connectivity index (χ1v) is 7.75. The molecule has 1 aliphatic carbocycles. The predicted molar refractivity (Wildman–Crippen MR) is 75.1 cm³/mol. The summed E-state index contributed by atoms with van der Waals surface area (Å²) in [5.41, 5.74) is 0.500. The maximum Gasteiger partial charge on any atom is 0.0314 e. The summed E-state index contributed by atoms with van der Waals surface area (Å²) < 4.78 is 1.30. The van der Waals surface area contributed by atoms with Crippen molar-refractivity contribution in [2.24, 2.45) is 5.41 Å². The zero-order valence-corrected chi connectivity index (χ0v) is 12.5. The highest BCUT2D eigenvalue weighted by Crippen LogP contribution is 2.42. The van der Waals surface area contributed by atoms with Gasteiger partial charge in [0.05, 0.1) is 0 Å². The van der Waals surface area contributed by atoms with E-state index in [0.717, 1.165) is 12.6 Å². The SMILES string of the molecule is CCNC1CCC(C)(Cc2sccc2Br)C1. The van der Waals surface area contributed by atoms with Crippen molar-refractivity contribution in [1.29, 1.82) is 0 Å². The van der Waals surface area contributed by atoms with Crippen molar-refractivity contribution >= 4 is 27.3 Å². The van der Waals surface area contributed by atoms with Gasteiger partial charge in [-0.2, -0.15) is 0 Å². The highest BCUT2D eigenvalue weighted by atomic mass is 79.9. The molecule has 2 unspecified atom stereocenters. The summed E-state index contributed by atoms with van der Waals surface area (Å²) >= 11 is 5.52. The molecular weight excluding hydrogens is 282 g/mol. The Balaban J connectivity index is 1.97. The van der Waals surface area contributed by atoms with Gasteiger partial charge >= 0.3 is 0 Å². The van der Waals surface area contributed by atoms with Crippen molar-refractivity contribution in [2.75, 3.05) is 6.54 Å². The van der Waals surface area contributed by atoms with E-state index in [9.17, 15) is 0 Å². The number of hydrogen-bond donors (Lipinski definition) is 1. The van der Waals surface area contributed by atoms with E-state index < -0.39 is 0 Å². The van der Waals surface area contributed by atoms with Crippen LogP contribution in [0.2, 0.25) is 0 Å². The third kappa shape index (κ3) is 2.88. The molecule has 90 valence electrons. The van der Waals surface area contributed by atoms with Gasteiger partial charge in [0.15, 0.2) is 0 Å². The highest BCUT2D eigenvalue weighted by molar-refractivity contribution is 9.10. The van der Waals surface area contributed by atoms with Crippen LogP contribution in [0.1, 0.15) is 38.0 Å². The Bertz CT molecular complexity index is 349. The molecule has 0 bridgehead atoms. The number of halogens is 1. The van der Waals surface area contributed by atoms with Crippen molar-refractivity contribution in [3.05, 3.63) is 20.8 Å². The molecule has 0 spiro atoms. The topological polar surface area (TPSA) is 12.0 Å². The minimum atomic E-state index is 0.500. The van der Waals surface area contributed by atoms with E-state index >= 15 is 0 Å². The Morgan fingerprint density at radius 1 is 1.62 bits per heavy atom. The average molecular weight is 302 g/mol. The molecule has 1 aromatic heterocycles. The smallest absolute Gasteiger partial charge is 0.0314 e. The van der Waals surface area contributed by atoms with E-state index in [-0.39, 0.29) is 0 Å². The molecule has 0 saturated heterocycles. The van der Waals surface area contributed by atoms with Crippen LogP contribution in [0.25, 0.3) is 0 Å². The lowest BCUT2D eigenvalue weighted by molar-refractivity contribution is 0.324. The van der Waals surface area contributed by atoms with Crippen LogP contribution in [0.15, 0.2) is 15.9 Å². The third-order valence-electron chi connectivity index (χ3n) is 3.61. The van der Waals surface area contributed by atoms with Crippen LogP contribution in [0.3, 0.4) is 0 Å². The Kier molecular flexibility index (Phi) is 4.09. The van der Waals surface area contributed by atoms with Gasteiger partial charge in [0.1, 0.15) is 0 Å². The molecule has 1 aliphatic rings. The number of rotatable bonds is 4. The lowest BCUT2D eigenvalue weighted by Gasteiger charge is -2.24.